The fourth-order valence-corrected chi connectivity index (χ4v) is 3.38. The Balaban J connectivity index is 0.00000116. The minimum absolute atomic E-state index is 0.0360. The van der Waals surface area contributed by atoms with E-state index >= 15 is 0 Å². The highest BCUT2D eigenvalue weighted by atomic mass is 31.1. The van der Waals surface area contributed by atoms with E-state index in [1.165, 1.54) is 5.56 Å². The van der Waals surface area contributed by atoms with Crippen LogP contribution in [-0.2, 0) is 11.7 Å². The van der Waals surface area contributed by atoms with Gasteiger partial charge in [-0.3, -0.25) is 0 Å². The summed E-state index contributed by atoms with van der Waals surface area (Å²) in [6.07, 6.45) is -4.88. The molecule has 0 saturated carbocycles. The van der Waals surface area contributed by atoms with Crippen LogP contribution >= 0.6 is 8.58 Å². The molecule has 0 aromatic heterocycles. The molecule has 2 unspecified atom stereocenters. The molecule has 0 amide bonds. The van der Waals surface area contributed by atoms with Gasteiger partial charge in [0, 0.05) is 30.5 Å². The van der Waals surface area contributed by atoms with Crippen molar-refractivity contribution in [3.8, 4) is 0 Å². The Morgan fingerprint density at radius 2 is 2.00 bits per heavy atom. The quantitative estimate of drug-likeness (QED) is 0.602. The van der Waals surface area contributed by atoms with E-state index in [-0.39, 0.29) is 11.7 Å². The van der Waals surface area contributed by atoms with Crippen molar-refractivity contribution >= 4 is 14.3 Å². The van der Waals surface area contributed by atoms with Crippen LogP contribution in [0.3, 0.4) is 0 Å². The zero-order valence-electron chi connectivity index (χ0n) is 13.7. The van der Waals surface area contributed by atoms with Gasteiger partial charge in [0.05, 0.1) is 6.42 Å². The molecule has 1 aromatic rings. The van der Waals surface area contributed by atoms with Crippen molar-refractivity contribution in [2.24, 2.45) is 0 Å². The zero-order chi connectivity index (χ0) is 16.8. The van der Waals surface area contributed by atoms with Crippen molar-refractivity contribution in [2.75, 3.05) is 25.1 Å². The first-order valence-electron chi connectivity index (χ1n) is 7.68. The lowest BCUT2D eigenvalue weighted by Crippen LogP contribution is -2.24. The molecule has 0 radical (unpaired) electrons. The number of hydrogen-bond donors (Lipinski definition) is 2. The van der Waals surface area contributed by atoms with E-state index in [1.807, 2.05) is 32.0 Å². The van der Waals surface area contributed by atoms with Gasteiger partial charge in [-0.25, -0.2) is 0 Å². The summed E-state index contributed by atoms with van der Waals surface area (Å²) in [6, 6.07) is 6.00. The molecule has 0 spiro atoms. The van der Waals surface area contributed by atoms with Gasteiger partial charge < -0.3 is 10.6 Å². The Morgan fingerprint density at radius 1 is 1.32 bits per heavy atom. The molecule has 2 atom stereocenters. The van der Waals surface area contributed by atoms with E-state index < -0.39 is 12.6 Å². The summed E-state index contributed by atoms with van der Waals surface area (Å²) in [6.45, 7) is 9.73. The van der Waals surface area contributed by atoms with E-state index in [0.717, 1.165) is 26.4 Å². The fourth-order valence-electron chi connectivity index (χ4n) is 2.57. The minimum atomic E-state index is -4.09. The molecule has 0 saturated heterocycles. The first-order valence-corrected chi connectivity index (χ1v) is 9.18. The first-order chi connectivity index (χ1) is 10.4. The molecule has 0 fully saturated rings. The number of fused-ring (bicyclic) bond motifs is 1. The third kappa shape index (κ3) is 4.85. The largest absolute Gasteiger partial charge is 0.390 e. The van der Waals surface area contributed by atoms with Gasteiger partial charge in [-0.15, -0.1) is 8.58 Å². The van der Waals surface area contributed by atoms with Gasteiger partial charge in [0.15, 0.2) is 0 Å². The smallest absolute Gasteiger partial charge is 0.384 e. The molecule has 0 aliphatic carbocycles. The summed E-state index contributed by atoms with van der Waals surface area (Å²) in [5, 5.41) is 6.40. The Kier molecular flexibility index (Phi) is 7.14. The van der Waals surface area contributed by atoms with Crippen molar-refractivity contribution in [2.45, 2.75) is 45.1 Å². The van der Waals surface area contributed by atoms with Gasteiger partial charge in [-0.2, -0.15) is 13.2 Å². The Hall–Kier alpha value is -0.800. The van der Waals surface area contributed by atoms with Crippen molar-refractivity contribution in [3.05, 3.63) is 29.3 Å². The molecular formula is C16H26F3N2P. The maximum atomic E-state index is 12.1. The third-order valence-corrected chi connectivity index (χ3v) is 5.32. The maximum Gasteiger partial charge on any atom is 0.390 e. The van der Waals surface area contributed by atoms with Crippen LogP contribution in [-0.4, -0.2) is 25.9 Å². The molecule has 22 heavy (non-hydrogen) atoms. The number of alkyl halides is 3. The van der Waals surface area contributed by atoms with Crippen LogP contribution in [0.25, 0.3) is 0 Å². The predicted molar refractivity (Wildman–Crippen MR) is 90.2 cm³/mol. The Labute approximate surface area is 133 Å². The van der Waals surface area contributed by atoms with Crippen molar-refractivity contribution < 1.29 is 13.2 Å². The monoisotopic (exact) mass is 334 g/mol. The van der Waals surface area contributed by atoms with E-state index in [9.17, 15) is 13.2 Å². The summed E-state index contributed by atoms with van der Waals surface area (Å²) in [5.74, 6) is 0. The van der Waals surface area contributed by atoms with Crippen LogP contribution in [0.1, 0.15) is 38.3 Å². The van der Waals surface area contributed by atoms with Crippen LogP contribution in [0, 0.1) is 0 Å². The van der Waals surface area contributed by atoms with Crippen LogP contribution in [0.4, 0.5) is 18.9 Å². The molecule has 1 aliphatic heterocycles. The molecule has 2 N–H and O–H groups in total. The second kappa shape index (κ2) is 8.16. The van der Waals surface area contributed by atoms with Gasteiger partial charge in [0.1, 0.15) is 0 Å². The second-order valence-corrected chi connectivity index (χ2v) is 6.92. The van der Waals surface area contributed by atoms with Gasteiger partial charge in [-0.05, 0) is 23.9 Å². The summed E-state index contributed by atoms with van der Waals surface area (Å²) < 4.78 is 36.4. The topological polar surface area (TPSA) is 24.1 Å². The average Bonchev–Trinajstić information content (AvgIpc) is 2.84. The number of anilines is 1. The molecule has 1 aromatic carbocycles. The number of rotatable bonds is 5. The Morgan fingerprint density at radius 3 is 2.59 bits per heavy atom. The molecule has 1 aliphatic rings. The van der Waals surface area contributed by atoms with Crippen LogP contribution < -0.4 is 10.6 Å². The van der Waals surface area contributed by atoms with E-state index in [2.05, 4.69) is 24.2 Å². The molecule has 1 heterocycles. The predicted octanol–water partition coefficient (Wildman–Crippen LogP) is 4.70. The van der Waals surface area contributed by atoms with Gasteiger partial charge >= 0.3 is 6.18 Å². The zero-order valence-corrected chi connectivity index (χ0v) is 14.7. The second-order valence-electron chi connectivity index (χ2n) is 5.32. The van der Waals surface area contributed by atoms with Gasteiger partial charge in [0.25, 0.3) is 0 Å². The van der Waals surface area contributed by atoms with E-state index in [4.69, 9.17) is 0 Å². The normalized spacial score (nSPS) is 20.5. The number of halogens is 3. The van der Waals surface area contributed by atoms with Gasteiger partial charge in [0.2, 0.25) is 0 Å². The molecule has 2 rings (SSSR count). The molecule has 2 nitrogen and oxygen atoms in total. The SMILES string of the molecule is CC.CPC1(C)CNc2cccc(CNCCC(F)(F)F)c21. The van der Waals surface area contributed by atoms with Crippen LogP contribution in [0.2, 0.25) is 0 Å². The van der Waals surface area contributed by atoms with Crippen molar-refractivity contribution in [1.29, 1.82) is 0 Å². The first kappa shape index (κ1) is 19.2. The lowest BCUT2D eigenvalue weighted by Gasteiger charge is -2.24. The highest BCUT2D eigenvalue weighted by Crippen LogP contribution is 2.48. The lowest BCUT2D eigenvalue weighted by molar-refractivity contribution is -0.133. The molecule has 6 heteroatoms. The summed E-state index contributed by atoms with van der Waals surface area (Å²) >= 11 is 0. The maximum absolute atomic E-state index is 12.1. The number of nitrogens with one attached hydrogen (secondary N) is 2. The van der Waals surface area contributed by atoms with Crippen molar-refractivity contribution in [1.82, 2.24) is 5.32 Å². The molecule has 126 valence electrons. The van der Waals surface area contributed by atoms with Gasteiger partial charge in [-0.1, -0.05) is 32.9 Å². The summed E-state index contributed by atoms with van der Waals surface area (Å²) in [4.78, 5) is 0. The third-order valence-electron chi connectivity index (χ3n) is 3.79. The van der Waals surface area contributed by atoms with Crippen LogP contribution in [0.15, 0.2) is 18.2 Å². The standard InChI is InChI=1S/C14H20F3N2P.C2H6/c1-13(20-2)9-19-11-5-3-4-10(12(11)13)8-18-7-6-14(15,16)17;1-2/h3-5,18-20H,6-9H2,1-2H3;1-2H3. The molecule has 0 bridgehead atoms. The highest BCUT2D eigenvalue weighted by Gasteiger charge is 2.34. The average molecular weight is 334 g/mol. The fraction of sp³-hybridized carbons (Fsp3) is 0.625. The highest BCUT2D eigenvalue weighted by molar-refractivity contribution is 7.38. The Bertz CT molecular complexity index is 477. The lowest BCUT2D eigenvalue weighted by atomic mass is 9.96. The summed E-state index contributed by atoms with van der Waals surface area (Å²) in [7, 11) is 0.754. The summed E-state index contributed by atoms with van der Waals surface area (Å²) in [5.41, 5.74) is 3.49. The molecular weight excluding hydrogens is 308 g/mol. The number of benzene rings is 1. The van der Waals surface area contributed by atoms with Crippen LogP contribution in [0.5, 0.6) is 0 Å². The van der Waals surface area contributed by atoms with E-state index in [0.29, 0.717) is 6.54 Å². The number of hydrogen-bond acceptors (Lipinski definition) is 2. The minimum Gasteiger partial charge on any atom is -0.384 e. The van der Waals surface area contributed by atoms with Crippen molar-refractivity contribution in [3.63, 3.8) is 0 Å². The van der Waals surface area contributed by atoms with E-state index in [1.54, 1.807) is 0 Å².